The Balaban J connectivity index is 1.85. The summed E-state index contributed by atoms with van der Waals surface area (Å²) in [4.78, 5) is 13.0. The van der Waals surface area contributed by atoms with Crippen molar-refractivity contribution in [2.24, 2.45) is 11.7 Å². The molecule has 0 bridgehead atoms. The fourth-order valence-corrected chi connectivity index (χ4v) is 2.87. The second kappa shape index (κ2) is 6.95. The highest BCUT2D eigenvalue weighted by Crippen LogP contribution is 2.28. The summed E-state index contributed by atoms with van der Waals surface area (Å²) < 4.78 is 0. The van der Waals surface area contributed by atoms with E-state index in [4.69, 9.17) is 11.0 Å². The molecular formula is C16H21N3O. The van der Waals surface area contributed by atoms with Crippen LogP contribution in [0.1, 0.15) is 37.7 Å². The molecule has 0 atom stereocenters. The van der Waals surface area contributed by atoms with Gasteiger partial charge in [0.1, 0.15) is 6.07 Å². The van der Waals surface area contributed by atoms with Gasteiger partial charge >= 0.3 is 0 Å². The van der Waals surface area contributed by atoms with E-state index in [1.165, 1.54) is 0 Å². The molecule has 0 spiro atoms. The first kappa shape index (κ1) is 14.4. The highest BCUT2D eigenvalue weighted by Gasteiger charge is 2.20. The second-order valence-electron chi connectivity index (χ2n) is 5.42. The molecule has 1 saturated heterocycles. The van der Waals surface area contributed by atoms with E-state index in [0.717, 1.165) is 50.0 Å². The first-order valence-electron chi connectivity index (χ1n) is 7.23. The zero-order valence-electron chi connectivity index (χ0n) is 11.7. The van der Waals surface area contributed by atoms with Crippen LogP contribution in [0.2, 0.25) is 0 Å². The number of hydrogen-bond donors (Lipinski definition) is 1. The number of para-hydroxylation sites is 1. The van der Waals surface area contributed by atoms with Crippen molar-refractivity contribution in [2.75, 3.05) is 18.0 Å². The van der Waals surface area contributed by atoms with Crippen LogP contribution in [-0.2, 0) is 4.79 Å². The van der Waals surface area contributed by atoms with E-state index in [1.807, 2.05) is 24.3 Å². The van der Waals surface area contributed by atoms with Crippen LogP contribution < -0.4 is 10.6 Å². The zero-order valence-corrected chi connectivity index (χ0v) is 11.7. The van der Waals surface area contributed by atoms with Gasteiger partial charge in [0.25, 0.3) is 0 Å². The maximum absolute atomic E-state index is 10.7. The van der Waals surface area contributed by atoms with E-state index < -0.39 is 0 Å². The van der Waals surface area contributed by atoms with Crippen LogP contribution in [0.4, 0.5) is 5.69 Å². The number of carbonyl (C=O) groups is 1. The molecule has 1 fully saturated rings. The lowest BCUT2D eigenvalue weighted by Crippen LogP contribution is -2.34. The molecular weight excluding hydrogens is 250 g/mol. The summed E-state index contributed by atoms with van der Waals surface area (Å²) in [6, 6.07) is 10.0. The summed E-state index contributed by atoms with van der Waals surface area (Å²) in [5.41, 5.74) is 6.96. The van der Waals surface area contributed by atoms with Crippen LogP contribution in [0.3, 0.4) is 0 Å². The molecule has 0 unspecified atom stereocenters. The van der Waals surface area contributed by atoms with E-state index in [9.17, 15) is 4.79 Å². The number of carbonyl (C=O) groups excluding carboxylic acids is 1. The Bertz CT molecular complexity index is 499. The van der Waals surface area contributed by atoms with Crippen molar-refractivity contribution in [3.63, 3.8) is 0 Å². The van der Waals surface area contributed by atoms with Gasteiger partial charge in [-0.1, -0.05) is 12.1 Å². The average molecular weight is 271 g/mol. The Kier molecular flexibility index (Phi) is 5.00. The number of nitrogens with zero attached hydrogens (tertiary/aromatic N) is 2. The smallest absolute Gasteiger partial charge is 0.217 e. The molecule has 1 aromatic carbocycles. The van der Waals surface area contributed by atoms with Gasteiger partial charge in [-0.05, 0) is 43.7 Å². The van der Waals surface area contributed by atoms with Crippen molar-refractivity contribution >= 4 is 11.6 Å². The highest BCUT2D eigenvalue weighted by molar-refractivity contribution is 5.73. The normalized spacial score (nSPS) is 15.8. The van der Waals surface area contributed by atoms with E-state index in [2.05, 4.69) is 11.0 Å². The van der Waals surface area contributed by atoms with Gasteiger partial charge in [-0.3, -0.25) is 4.79 Å². The summed E-state index contributed by atoms with van der Waals surface area (Å²) in [7, 11) is 0. The number of benzene rings is 1. The van der Waals surface area contributed by atoms with Crippen LogP contribution in [0, 0.1) is 17.2 Å². The van der Waals surface area contributed by atoms with Gasteiger partial charge in [-0.2, -0.15) is 5.26 Å². The minimum Gasteiger partial charge on any atom is -0.370 e. The lowest BCUT2D eigenvalue weighted by molar-refractivity contribution is -0.118. The van der Waals surface area contributed by atoms with Crippen molar-refractivity contribution in [1.29, 1.82) is 5.26 Å². The fraction of sp³-hybridized carbons (Fsp3) is 0.500. The number of rotatable bonds is 5. The van der Waals surface area contributed by atoms with Gasteiger partial charge in [0.05, 0.1) is 11.3 Å². The molecule has 0 aromatic heterocycles. The fourth-order valence-electron chi connectivity index (χ4n) is 2.87. The molecule has 106 valence electrons. The molecule has 0 radical (unpaired) electrons. The average Bonchev–Trinajstić information content (AvgIpc) is 2.47. The molecule has 1 aliphatic rings. The Morgan fingerprint density at radius 1 is 1.35 bits per heavy atom. The van der Waals surface area contributed by atoms with E-state index in [1.54, 1.807) is 0 Å². The quantitative estimate of drug-likeness (QED) is 0.894. The number of amides is 1. The molecule has 1 aliphatic heterocycles. The van der Waals surface area contributed by atoms with Gasteiger partial charge in [0, 0.05) is 19.5 Å². The molecule has 1 amide bonds. The van der Waals surface area contributed by atoms with Crippen molar-refractivity contribution in [3.8, 4) is 6.07 Å². The lowest BCUT2D eigenvalue weighted by Gasteiger charge is -2.34. The molecule has 4 heteroatoms. The number of nitrogens with two attached hydrogens (primary N) is 1. The number of primary amides is 1. The zero-order chi connectivity index (χ0) is 14.4. The third-order valence-corrected chi connectivity index (χ3v) is 4.02. The Labute approximate surface area is 120 Å². The molecule has 1 heterocycles. The summed E-state index contributed by atoms with van der Waals surface area (Å²) in [5, 5.41) is 9.15. The van der Waals surface area contributed by atoms with Crippen LogP contribution >= 0.6 is 0 Å². The minimum absolute atomic E-state index is 0.203. The predicted octanol–water partition coefficient (Wildman–Crippen LogP) is 2.43. The third-order valence-electron chi connectivity index (χ3n) is 4.02. The summed E-state index contributed by atoms with van der Waals surface area (Å²) in [6.07, 6.45) is 4.72. The number of anilines is 1. The number of piperidine rings is 1. The summed E-state index contributed by atoms with van der Waals surface area (Å²) in [6.45, 7) is 1.97. The van der Waals surface area contributed by atoms with Crippen LogP contribution in [0.25, 0.3) is 0 Å². The standard InChI is InChI=1S/C16H21N3O/c17-12-14-5-1-2-6-15(14)19-10-8-13(9-11-19)4-3-7-16(18)20/h1-2,5-6,13H,3-4,7-11H2,(H2,18,20). The van der Waals surface area contributed by atoms with Crippen molar-refractivity contribution in [1.82, 2.24) is 0 Å². The van der Waals surface area contributed by atoms with E-state index in [0.29, 0.717) is 12.3 Å². The van der Waals surface area contributed by atoms with Gasteiger partial charge in [0.2, 0.25) is 5.91 Å². The van der Waals surface area contributed by atoms with Gasteiger partial charge in [-0.15, -0.1) is 0 Å². The van der Waals surface area contributed by atoms with Crippen molar-refractivity contribution < 1.29 is 4.79 Å². The van der Waals surface area contributed by atoms with Gasteiger partial charge in [-0.25, -0.2) is 0 Å². The molecule has 2 rings (SSSR count). The van der Waals surface area contributed by atoms with Gasteiger partial charge in [0.15, 0.2) is 0 Å². The number of nitriles is 1. The highest BCUT2D eigenvalue weighted by atomic mass is 16.1. The molecule has 0 aliphatic carbocycles. The maximum atomic E-state index is 10.7. The lowest BCUT2D eigenvalue weighted by atomic mass is 9.91. The SMILES string of the molecule is N#Cc1ccccc1N1CCC(CCCC(N)=O)CC1. The largest absolute Gasteiger partial charge is 0.370 e. The third kappa shape index (κ3) is 3.74. The van der Waals surface area contributed by atoms with Crippen LogP contribution in [0.5, 0.6) is 0 Å². The second-order valence-corrected chi connectivity index (χ2v) is 5.42. The molecule has 20 heavy (non-hydrogen) atoms. The maximum Gasteiger partial charge on any atom is 0.217 e. The molecule has 1 aromatic rings. The molecule has 0 saturated carbocycles. The molecule has 4 nitrogen and oxygen atoms in total. The van der Waals surface area contributed by atoms with E-state index in [-0.39, 0.29) is 5.91 Å². The van der Waals surface area contributed by atoms with E-state index >= 15 is 0 Å². The van der Waals surface area contributed by atoms with Crippen molar-refractivity contribution in [2.45, 2.75) is 32.1 Å². The van der Waals surface area contributed by atoms with Crippen LogP contribution in [0.15, 0.2) is 24.3 Å². The van der Waals surface area contributed by atoms with Crippen molar-refractivity contribution in [3.05, 3.63) is 29.8 Å². The number of hydrogen-bond acceptors (Lipinski definition) is 3. The minimum atomic E-state index is -0.203. The molecule has 2 N–H and O–H groups in total. The summed E-state index contributed by atoms with van der Waals surface area (Å²) >= 11 is 0. The summed E-state index contributed by atoms with van der Waals surface area (Å²) in [5.74, 6) is 0.477. The predicted molar refractivity (Wildman–Crippen MR) is 79.1 cm³/mol. The van der Waals surface area contributed by atoms with Crippen LogP contribution in [-0.4, -0.2) is 19.0 Å². The monoisotopic (exact) mass is 271 g/mol. The Morgan fingerprint density at radius 2 is 2.05 bits per heavy atom. The first-order valence-corrected chi connectivity index (χ1v) is 7.23. The Hall–Kier alpha value is -2.02. The first-order chi connectivity index (χ1) is 9.70. The van der Waals surface area contributed by atoms with Gasteiger partial charge < -0.3 is 10.6 Å². The Morgan fingerprint density at radius 3 is 2.70 bits per heavy atom. The topological polar surface area (TPSA) is 70.1 Å².